The molecular weight excluding hydrogens is 236 g/mol. The first kappa shape index (κ1) is 14.1. The number of H-pyrrole nitrogens is 1. The summed E-state index contributed by atoms with van der Waals surface area (Å²) in [7, 11) is 0. The van der Waals surface area contributed by atoms with E-state index < -0.39 is 0 Å². The molecule has 3 N–H and O–H groups in total. The Hall–Kier alpha value is -1.32. The van der Waals surface area contributed by atoms with Gasteiger partial charge in [0, 0.05) is 29.7 Å². The predicted octanol–water partition coefficient (Wildman–Crippen LogP) is 2.63. The summed E-state index contributed by atoms with van der Waals surface area (Å²) < 4.78 is 0. The van der Waals surface area contributed by atoms with Crippen LogP contribution in [0.25, 0.3) is 10.9 Å². The maximum absolute atomic E-state index is 9.15. The molecule has 2 rings (SSSR count). The molecule has 3 heteroatoms. The molecule has 0 saturated heterocycles. The predicted molar refractivity (Wildman–Crippen MR) is 80.5 cm³/mol. The van der Waals surface area contributed by atoms with Gasteiger partial charge < -0.3 is 15.4 Å². The maximum atomic E-state index is 9.15. The highest BCUT2D eigenvalue weighted by atomic mass is 16.3. The van der Waals surface area contributed by atoms with Gasteiger partial charge in [0.15, 0.2) is 0 Å². The minimum Gasteiger partial charge on any atom is -0.396 e. The van der Waals surface area contributed by atoms with Crippen molar-refractivity contribution < 1.29 is 5.11 Å². The van der Waals surface area contributed by atoms with Gasteiger partial charge in [-0.1, -0.05) is 25.1 Å². The van der Waals surface area contributed by atoms with Crippen LogP contribution in [0.4, 0.5) is 0 Å². The van der Waals surface area contributed by atoms with Crippen molar-refractivity contribution in [3.63, 3.8) is 0 Å². The molecule has 0 saturated carbocycles. The molecule has 19 heavy (non-hydrogen) atoms. The zero-order chi connectivity index (χ0) is 13.7. The third kappa shape index (κ3) is 3.37. The molecule has 104 valence electrons. The molecule has 1 aromatic heterocycles. The molecule has 0 amide bonds. The highest BCUT2D eigenvalue weighted by molar-refractivity contribution is 5.84. The Morgan fingerprint density at radius 2 is 2.11 bits per heavy atom. The molecule has 0 spiro atoms. The fraction of sp³-hybridized carbons (Fsp3) is 0.500. The first-order valence-electron chi connectivity index (χ1n) is 7.14. The minimum atomic E-state index is 0.273. The number of nitrogens with one attached hydrogen (secondary N) is 2. The van der Waals surface area contributed by atoms with E-state index in [1.54, 1.807) is 0 Å². The Labute approximate surface area is 115 Å². The van der Waals surface area contributed by atoms with Crippen molar-refractivity contribution in [1.29, 1.82) is 0 Å². The van der Waals surface area contributed by atoms with Crippen LogP contribution in [0, 0.1) is 12.8 Å². The van der Waals surface area contributed by atoms with Crippen molar-refractivity contribution in [1.82, 2.24) is 10.3 Å². The van der Waals surface area contributed by atoms with Crippen molar-refractivity contribution in [2.75, 3.05) is 19.7 Å². The van der Waals surface area contributed by atoms with Crippen LogP contribution >= 0.6 is 0 Å². The topological polar surface area (TPSA) is 48.0 Å². The molecule has 1 heterocycles. The van der Waals surface area contributed by atoms with Gasteiger partial charge in [0.05, 0.1) is 0 Å². The number of aromatic nitrogens is 1. The maximum Gasteiger partial charge on any atom is 0.0471 e. The van der Waals surface area contributed by atoms with Crippen LogP contribution in [-0.4, -0.2) is 29.8 Å². The number of hydrogen-bond donors (Lipinski definition) is 3. The number of aromatic amines is 1. The number of para-hydroxylation sites is 1. The van der Waals surface area contributed by atoms with Crippen molar-refractivity contribution in [2.45, 2.75) is 26.7 Å². The van der Waals surface area contributed by atoms with Crippen molar-refractivity contribution >= 4 is 10.9 Å². The Balaban J connectivity index is 1.93. The van der Waals surface area contributed by atoms with E-state index in [1.807, 2.05) is 0 Å². The molecule has 0 aliphatic carbocycles. The van der Waals surface area contributed by atoms with Crippen LogP contribution in [0.2, 0.25) is 0 Å². The normalized spacial score (nSPS) is 13.0. The van der Waals surface area contributed by atoms with E-state index in [1.165, 1.54) is 22.2 Å². The zero-order valence-corrected chi connectivity index (χ0v) is 11.9. The van der Waals surface area contributed by atoms with Gasteiger partial charge in [0.2, 0.25) is 0 Å². The second-order valence-corrected chi connectivity index (χ2v) is 5.19. The summed E-state index contributed by atoms with van der Waals surface area (Å²) in [6.45, 7) is 6.38. The summed E-state index contributed by atoms with van der Waals surface area (Å²) in [6, 6.07) is 8.45. The van der Waals surface area contributed by atoms with Crippen LogP contribution < -0.4 is 5.32 Å². The standard InChI is InChI=1S/C16H24N2O/c1-3-13(11-19)10-17-9-8-14-12(2)18-16-7-5-4-6-15(14)16/h4-7,13,17-19H,3,8-11H2,1-2H3. The van der Waals surface area contributed by atoms with E-state index >= 15 is 0 Å². The molecule has 1 atom stereocenters. The largest absolute Gasteiger partial charge is 0.396 e. The highest BCUT2D eigenvalue weighted by Gasteiger charge is 2.08. The number of benzene rings is 1. The summed E-state index contributed by atoms with van der Waals surface area (Å²) in [5.41, 5.74) is 3.88. The van der Waals surface area contributed by atoms with E-state index in [0.29, 0.717) is 5.92 Å². The van der Waals surface area contributed by atoms with Crippen molar-refractivity contribution in [3.8, 4) is 0 Å². The summed E-state index contributed by atoms with van der Waals surface area (Å²) in [5.74, 6) is 0.379. The fourth-order valence-corrected chi connectivity index (χ4v) is 2.51. The molecule has 0 aliphatic heterocycles. The number of hydrogen-bond acceptors (Lipinski definition) is 2. The van der Waals surface area contributed by atoms with E-state index in [4.69, 9.17) is 5.11 Å². The lowest BCUT2D eigenvalue weighted by Gasteiger charge is -2.12. The average molecular weight is 260 g/mol. The van der Waals surface area contributed by atoms with Gasteiger partial charge in [-0.25, -0.2) is 0 Å². The second kappa shape index (κ2) is 6.73. The highest BCUT2D eigenvalue weighted by Crippen LogP contribution is 2.21. The number of aliphatic hydroxyl groups is 1. The third-order valence-corrected chi connectivity index (χ3v) is 3.85. The fourth-order valence-electron chi connectivity index (χ4n) is 2.51. The summed E-state index contributed by atoms with van der Waals surface area (Å²) >= 11 is 0. The van der Waals surface area contributed by atoms with Gasteiger partial charge >= 0.3 is 0 Å². The Morgan fingerprint density at radius 1 is 1.32 bits per heavy atom. The van der Waals surface area contributed by atoms with Crippen molar-refractivity contribution in [2.24, 2.45) is 5.92 Å². The zero-order valence-electron chi connectivity index (χ0n) is 11.9. The van der Waals surface area contributed by atoms with Crippen LogP contribution in [0.3, 0.4) is 0 Å². The monoisotopic (exact) mass is 260 g/mol. The Kier molecular flexibility index (Phi) is 5.00. The molecular formula is C16H24N2O. The van der Waals surface area contributed by atoms with Crippen LogP contribution in [-0.2, 0) is 6.42 Å². The van der Waals surface area contributed by atoms with E-state index in [9.17, 15) is 0 Å². The van der Waals surface area contributed by atoms with Gasteiger partial charge in [-0.2, -0.15) is 0 Å². The molecule has 0 fully saturated rings. The van der Waals surface area contributed by atoms with Crippen molar-refractivity contribution in [3.05, 3.63) is 35.5 Å². The van der Waals surface area contributed by atoms with E-state index in [2.05, 4.69) is 48.4 Å². The van der Waals surface area contributed by atoms with Gasteiger partial charge in [0.25, 0.3) is 0 Å². The molecule has 1 aromatic carbocycles. The average Bonchev–Trinajstić information content (AvgIpc) is 2.75. The first-order chi connectivity index (χ1) is 9.26. The first-order valence-corrected chi connectivity index (χ1v) is 7.14. The SMILES string of the molecule is CCC(CO)CNCCc1c(C)[nH]c2ccccc12. The van der Waals surface area contributed by atoms with Gasteiger partial charge in [-0.15, -0.1) is 0 Å². The lowest BCUT2D eigenvalue weighted by atomic mass is 10.1. The van der Waals surface area contributed by atoms with Gasteiger partial charge in [-0.3, -0.25) is 0 Å². The lowest BCUT2D eigenvalue weighted by Crippen LogP contribution is -2.26. The summed E-state index contributed by atoms with van der Waals surface area (Å²) in [4.78, 5) is 3.43. The summed E-state index contributed by atoms with van der Waals surface area (Å²) in [5, 5.41) is 13.9. The molecule has 0 bridgehead atoms. The molecule has 1 unspecified atom stereocenters. The number of aryl methyl sites for hydroxylation is 1. The summed E-state index contributed by atoms with van der Waals surface area (Å²) in [6.07, 6.45) is 2.05. The Bertz CT molecular complexity index is 514. The second-order valence-electron chi connectivity index (χ2n) is 5.19. The molecule has 2 aromatic rings. The number of fused-ring (bicyclic) bond motifs is 1. The number of rotatable bonds is 7. The Morgan fingerprint density at radius 3 is 2.84 bits per heavy atom. The van der Waals surface area contributed by atoms with Gasteiger partial charge in [-0.05, 0) is 43.9 Å². The van der Waals surface area contributed by atoms with Gasteiger partial charge in [0.1, 0.15) is 0 Å². The third-order valence-electron chi connectivity index (χ3n) is 3.85. The van der Waals surface area contributed by atoms with Crippen LogP contribution in [0.1, 0.15) is 24.6 Å². The quantitative estimate of drug-likeness (QED) is 0.670. The molecule has 3 nitrogen and oxygen atoms in total. The smallest absolute Gasteiger partial charge is 0.0471 e. The lowest BCUT2D eigenvalue weighted by molar-refractivity contribution is 0.219. The molecule has 0 radical (unpaired) electrons. The van der Waals surface area contributed by atoms with Crippen LogP contribution in [0.5, 0.6) is 0 Å². The molecule has 0 aliphatic rings. The number of aliphatic hydroxyl groups excluding tert-OH is 1. The van der Waals surface area contributed by atoms with E-state index in [-0.39, 0.29) is 6.61 Å². The van der Waals surface area contributed by atoms with E-state index in [0.717, 1.165) is 25.9 Å². The minimum absolute atomic E-state index is 0.273. The van der Waals surface area contributed by atoms with Crippen LogP contribution in [0.15, 0.2) is 24.3 Å².